The summed E-state index contributed by atoms with van der Waals surface area (Å²) in [4.78, 5) is 0. The number of sulfonamides is 1. The van der Waals surface area contributed by atoms with Crippen molar-refractivity contribution in [1.82, 2.24) is 4.72 Å². The van der Waals surface area contributed by atoms with Crippen molar-refractivity contribution in [1.29, 1.82) is 0 Å². The summed E-state index contributed by atoms with van der Waals surface area (Å²) in [7, 11) is -3.08. The van der Waals surface area contributed by atoms with Crippen molar-refractivity contribution in [3.8, 4) is 0 Å². The molecule has 0 heterocycles. The molecule has 0 aromatic rings. The summed E-state index contributed by atoms with van der Waals surface area (Å²) < 4.78 is 26.4. The van der Waals surface area contributed by atoms with Gasteiger partial charge in [-0.15, -0.1) is 0 Å². The molecule has 1 aliphatic carbocycles. The van der Waals surface area contributed by atoms with Gasteiger partial charge in [-0.1, -0.05) is 13.3 Å². The van der Waals surface area contributed by atoms with Crippen LogP contribution in [0.3, 0.4) is 0 Å². The normalized spacial score (nSPS) is 26.0. The lowest BCUT2D eigenvalue weighted by atomic mass is 9.85. The highest BCUT2D eigenvalue weighted by molar-refractivity contribution is 7.89. The van der Waals surface area contributed by atoms with E-state index in [1.54, 1.807) is 0 Å². The van der Waals surface area contributed by atoms with E-state index in [1.165, 1.54) is 6.42 Å². The average molecular weight is 262 g/mol. The summed E-state index contributed by atoms with van der Waals surface area (Å²) in [5.74, 6) is 1.02. The van der Waals surface area contributed by atoms with Gasteiger partial charge in [-0.2, -0.15) is 0 Å². The van der Waals surface area contributed by atoms with E-state index >= 15 is 0 Å². The predicted octanol–water partition coefficient (Wildman–Crippen LogP) is 1.61. The Morgan fingerprint density at radius 2 is 1.82 bits per heavy atom. The second-order valence-electron chi connectivity index (χ2n) is 5.06. The van der Waals surface area contributed by atoms with Crippen molar-refractivity contribution in [3.63, 3.8) is 0 Å². The molecule has 0 radical (unpaired) electrons. The standard InChI is InChI=1S/C12H26N2O2S/c1-2-11-5-7-12(8-6-11)14-17(15,16)10-4-3-9-13/h11-12,14H,2-10,13H2,1H3. The van der Waals surface area contributed by atoms with Crippen LogP contribution in [0.15, 0.2) is 0 Å². The third kappa shape index (κ3) is 5.84. The highest BCUT2D eigenvalue weighted by Crippen LogP contribution is 2.26. The first-order valence-corrected chi connectivity index (χ1v) is 8.42. The van der Waals surface area contributed by atoms with E-state index in [1.807, 2.05) is 0 Å². The maximum absolute atomic E-state index is 11.8. The fourth-order valence-electron chi connectivity index (χ4n) is 2.44. The Bertz CT molecular complexity index is 296. The van der Waals surface area contributed by atoms with Crippen LogP contribution in [-0.2, 0) is 10.0 Å². The minimum Gasteiger partial charge on any atom is -0.330 e. The topological polar surface area (TPSA) is 72.2 Å². The van der Waals surface area contributed by atoms with Crippen LogP contribution in [0.1, 0.15) is 51.9 Å². The van der Waals surface area contributed by atoms with Crippen molar-refractivity contribution in [2.45, 2.75) is 57.9 Å². The first-order valence-electron chi connectivity index (χ1n) is 6.77. The Labute approximate surface area is 105 Å². The molecular weight excluding hydrogens is 236 g/mol. The van der Waals surface area contributed by atoms with Crippen molar-refractivity contribution >= 4 is 10.0 Å². The predicted molar refractivity (Wildman–Crippen MR) is 71.2 cm³/mol. The van der Waals surface area contributed by atoms with Gasteiger partial charge in [0.05, 0.1) is 5.75 Å². The SMILES string of the molecule is CCC1CCC(NS(=O)(=O)CCCCN)CC1. The van der Waals surface area contributed by atoms with E-state index in [4.69, 9.17) is 5.73 Å². The Morgan fingerprint density at radius 3 is 2.35 bits per heavy atom. The summed E-state index contributed by atoms with van der Waals surface area (Å²) >= 11 is 0. The van der Waals surface area contributed by atoms with Gasteiger partial charge in [0.15, 0.2) is 0 Å². The smallest absolute Gasteiger partial charge is 0.211 e. The van der Waals surface area contributed by atoms with Crippen molar-refractivity contribution in [2.75, 3.05) is 12.3 Å². The lowest BCUT2D eigenvalue weighted by molar-refractivity contribution is 0.306. The first-order chi connectivity index (χ1) is 8.07. The Kier molecular flexibility index (Phi) is 6.44. The number of rotatable bonds is 7. The number of nitrogens with two attached hydrogens (primary N) is 1. The van der Waals surface area contributed by atoms with E-state index in [-0.39, 0.29) is 11.8 Å². The fraction of sp³-hybridized carbons (Fsp3) is 1.00. The number of unbranched alkanes of at least 4 members (excludes halogenated alkanes) is 1. The molecule has 1 rings (SSSR count). The molecule has 0 amide bonds. The molecule has 1 aliphatic rings. The molecule has 1 fully saturated rings. The van der Waals surface area contributed by atoms with Crippen LogP contribution in [0.2, 0.25) is 0 Å². The van der Waals surface area contributed by atoms with Crippen LogP contribution in [-0.4, -0.2) is 26.8 Å². The summed E-state index contributed by atoms with van der Waals surface area (Å²) in [5, 5.41) is 0. The van der Waals surface area contributed by atoms with E-state index in [9.17, 15) is 8.42 Å². The maximum Gasteiger partial charge on any atom is 0.211 e. The lowest BCUT2D eigenvalue weighted by Gasteiger charge is -2.28. The van der Waals surface area contributed by atoms with E-state index < -0.39 is 10.0 Å². The van der Waals surface area contributed by atoms with Crippen LogP contribution >= 0.6 is 0 Å². The molecule has 4 nitrogen and oxygen atoms in total. The van der Waals surface area contributed by atoms with Crippen LogP contribution in [0.5, 0.6) is 0 Å². The second-order valence-corrected chi connectivity index (χ2v) is 6.93. The molecule has 0 saturated heterocycles. The number of hydrogen-bond acceptors (Lipinski definition) is 3. The molecule has 5 heteroatoms. The van der Waals surface area contributed by atoms with Gasteiger partial charge < -0.3 is 5.73 Å². The molecule has 0 aliphatic heterocycles. The fourth-order valence-corrected chi connectivity index (χ4v) is 3.88. The molecule has 0 atom stereocenters. The van der Waals surface area contributed by atoms with Gasteiger partial charge in [-0.05, 0) is 51.0 Å². The van der Waals surface area contributed by atoms with E-state index in [0.717, 1.165) is 38.0 Å². The molecule has 0 spiro atoms. The molecule has 1 saturated carbocycles. The summed E-state index contributed by atoms with van der Waals surface area (Å²) in [6.07, 6.45) is 6.97. The highest BCUT2D eigenvalue weighted by atomic mass is 32.2. The molecule has 0 bridgehead atoms. The Balaban J connectivity index is 2.28. The number of hydrogen-bond donors (Lipinski definition) is 2. The summed E-state index contributed by atoms with van der Waals surface area (Å²) in [5.41, 5.74) is 5.36. The second kappa shape index (κ2) is 7.34. The average Bonchev–Trinajstić information content (AvgIpc) is 2.30. The quantitative estimate of drug-likeness (QED) is 0.685. The van der Waals surface area contributed by atoms with Gasteiger partial charge >= 0.3 is 0 Å². The van der Waals surface area contributed by atoms with Gasteiger partial charge in [0.25, 0.3) is 0 Å². The zero-order valence-electron chi connectivity index (χ0n) is 10.8. The van der Waals surface area contributed by atoms with E-state index in [0.29, 0.717) is 13.0 Å². The van der Waals surface area contributed by atoms with Crippen molar-refractivity contribution in [2.24, 2.45) is 11.7 Å². The minimum atomic E-state index is -3.08. The largest absolute Gasteiger partial charge is 0.330 e. The van der Waals surface area contributed by atoms with Gasteiger partial charge in [0.2, 0.25) is 10.0 Å². The van der Waals surface area contributed by atoms with Crippen LogP contribution in [0, 0.1) is 5.92 Å². The third-order valence-electron chi connectivity index (χ3n) is 3.64. The first kappa shape index (κ1) is 14.9. The molecule has 3 N–H and O–H groups in total. The van der Waals surface area contributed by atoms with Gasteiger partial charge in [-0.3, -0.25) is 0 Å². The Morgan fingerprint density at radius 1 is 1.18 bits per heavy atom. The monoisotopic (exact) mass is 262 g/mol. The lowest BCUT2D eigenvalue weighted by Crippen LogP contribution is -2.38. The zero-order chi connectivity index (χ0) is 12.7. The van der Waals surface area contributed by atoms with Crippen LogP contribution in [0.4, 0.5) is 0 Å². The van der Waals surface area contributed by atoms with E-state index in [2.05, 4.69) is 11.6 Å². The number of nitrogens with one attached hydrogen (secondary N) is 1. The van der Waals surface area contributed by atoms with Crippen molar-refractivity contribution < 1.29 is 8.42 Å². The third-order valence-corrected chi connectivity index (χ3v) is 5.16. The van der Waals surface area contributed by atoms with Gasteiger partial charge in [0, 0.05) is 6.04 Å². The minimum absolute atomic E-state index is 0.167. The van der Waals surface area contributed by atoms with Gasteiger partial charge in [-0.25, -0.2) is 13.1 Å². The molecule has 0 unspecified atom stereocenters. The van der Waals surface area contributed by atoms with Crippen LogP contribution in [0.25, 0.3) is 0 Å². The maximum atomic E-state index is 11.8. The van der Waals surface area contributed by atoms with Gasteiger partial charge in [0.1, 0.15) is 0 Å². The molecule has 102 valence electrons. The molecule has 0 aromatic carbocycles. The summed E-state index contributed by atoms with van der Waals surface area (Å²) in [6.45, 7) is 2.78. The van der Waals surface area contributed by atoms with Crippen LogP contribution < -0.4 is 10.5 Å². The molecular formula is C12H26N2O2S. The molecule has 17 heavy (non-hydrogen) atoms. The zero-order valence-corrected chi connectivity index (χ0v) is 11.6. The highest BCUT2D eigenvalue weighted by Gasteiger charge is 2.23. The molecule has 0 aromatic heterocycles. The summed E-state index contributed by atoms with van der Waals surface area (Å²) in [6, 6.07) is 0.167. The van der Waals surface area contributed by atoms with Crippen molar-refractivity contribution in [3.05, 3.63) is 0 Å². The Hall–Kier alpha value is -0.130.